The summed E-state index contributed by atoms with van der Waals surface area (Å²) in [5, 5.41) is 21.0. The van der Waals surface area contributed by atoms with Gasteiger partial charge in [0.05, 0.1) is 4.92 Å². The smallest absolute Gasteiger partial charge is 0.312 e. The van der Waals surface area contributed by atoms with Gasteiger partial charge in [0.1, 0.15) is 18.5 Å². The Bertz CT molecular complexity index is 665. The summed E-state index contributed by atoms with van der Waals surface area (Å²) in [6.07, 6.45) is -1.23. The maximum absolute atomic E-state index is 13.5. The van der Waals surface area contributed by atoms with E-state index in [1.165, 1.54) is 30.3 Å². The number of hydrogen-bond acceptors (Lipinski definition) is 4. The lowest BCUT2D eigenvalue weighted by atomic mass is 10.1. The minimum atomic E-state index is -1.23. The Labute approximate surface area is 124 Å². The molecule has 1 unspecified atom stereocenters. The average molecular weight is 312 g/mol. The van der Waals surface area contributed by atoms with Gasteiger partial charge in [-0.2, -0.15) is 0 Å². The van der Waals surface area contributed by atoms with Gasteiger partial charge >= 0.3 is 5.69 Å². The lowest BCUT2D eigenvalue weighted by molar-refractivity contribution is -0.385. The van der Waals surface area contributed by atoms with E-state index in [-0.39, 0.29) is 28.6 Å². The SMILES string of the molecule is O=[N+]([O-])c1cc(Cl)ccc1OCC(O)c1ccccc1F. The van der Waals surface area contributed by atoms with Crippen LogP contribution in [0.4, 0.5) is 10.1 Å². The van der Waals surface area contributed by atoms with E-state index in [1.54, 1.807) is 6.07 Å². The topological polar surface area (TPSA) is 72.6 Å². The van der Waals surface area contributed by atoms with E-state index in [1.807, 2.05) is 0 Å². The van der Waals surface area contributed by atoms with Crippen molar-refractivity contribution in [3.8, 4) is 5.75 Å². The van der Waals surface area contributed by atoms with Gasteiger partial charge in [-0.05, 0) is 18.2 Å². The first-order chi connectivity index (χ1) is 9.99. The van der Waals surface area contributed by atoms with Crippen molar-refractivity contribution in [1.29, 1.82) is 0 Å². The molecule has 0 saturated carbocycles. The number of rotatable bonds is 5. The molecule has 0 radical (unpaired) electrons. The number of benzene rings is 2. The Kier molecular flexibility index (Phi) is 4.72. The Hall–Kier alpha value is -2.18. The third-order valence-electron chi connectivity index (χ3n) is 2.78. The summed E-state index contributed by atoms with van der Waals surface area (Å²) in [5.41, 5.74) is -0.252. The van der Waals surface area contributed by atoms with Crippen LogP contribution in [0.2, 0.25) is 5.02 Å². The lowest BCUT2D eigenvalue weighted by Crippen LogP contribution is -2.12. The van der Waals surface area contributed by atoms with Gasteiger partial charge in [0.15, 0.2) is 5.75 Å². The van der Waals surface area contributed by atoms with Crippen LogP contribution in [-0.4, -0.2) is 16.6 Å². The number of nitro benzene ring substituents is 1. The lowest BCUT2D eigenvalue weighted by Gasteiger charge is -2.13. The predicted octanol–water partition coefficient (Wildman–Crippen LogP) is 3.50. The first-order valence-electron chi connectivity index (χ1n) is 5.98. The fourth-order valence-corrected chi connectivity index (χ4v) is 1.93. The number of nitrogens with zero attached hydrogens (tertiary/aromatic N) is 1. The molecule has 0 aliphatic heterocycles. The molecule has 5 nitrogen and oxygen atoms in total. The molecule has 1 atom stereocenters. The van der Waals surface area contributed by atoms with Gasteiger partial charge in [0, 0.05) is 16.7 Å². The van der Waals surface area contributed by atoms with E-state index in [0.717, 1.165) is 6.07 Å². The van der Waals surface area contributed by atoms with Crippen molar-refractivity contribution in [2.24, 2.45) is 0 Å². The molecule has 2 aromatic carbocycles. The molecule has 0 aliphatic carbocycles. The summed E-state index contributed by atoms with van der Waals surface area (Å²) in [7, 11) is 0. The first kappa shape index (κ1) is 15.2. The minimum absolute atomic E-state index is 0.0419. The van der Waals surface area contributed by atoms with Crippen LogP contribution in [0.3, 0.4) is 0 Å². The number of aliphatic hydroxyl groups is 1. The summed E-state index contributed by atoms with van der Waals surface area (Å²) in [5.74, 6) is -0.612. The van der Waals surface area contributed by atoms with Gasteiger partial charge in [0.2, 0.25) is 0 Å². The maximum atomic E-state index is 13.5. The van der Waals surface area contributed by atoms with Gasteiger partial charge in [-0.15, -0.1) is 0 Å². The van der Waals surface area contributed by atoms with E-state index in [4.69, 9.17) is 16.3 Å². The summed E-state index contributed by atoms with van der Waals surface area (Å²) >= 11 is 5.68. The molecule has 0 heterocycles. The van der Waals surface area contributed by atoms with Crippen molar-refractivity contribution >= 4 is 17.3 Å². The quantitative estimate of drug-likeness (QED) is 0.677. The molecule has 7 heteroatoms. The van der Waals surface area contributed by atoms with Crippen LogP contribution in [-0.2, 0) is 0 Å². The second-order valence-electron chi connectivity index (χ2n) is 4.22. The number of hydrogen-bond donors (Lipinski definition) is 1. The molecular weight excluding hydrogens is 301 g/mol. The maximum Gasteiger partial charge on any atom is 0.312 e. The van der Waals surface area contributed by atoms with Crippen molar-refractivity contribution < 1.29 is 19.2 Å². The van der Waals surface area contributed by atoms with E-state index < -0.39 is 16.8 Å². The molecule has 0 fully saturated rings. The van der Waals surface area contributed by atoms with Gasteiger partial charge in [0.25, 0.3) is 0 Å². The zero-order chi connectivity index (χ0) is 15.4. The highest BCUT2D eigenvalue weighted by Gasteiger charge is 2.18. The summed E-state index contributed by atoms with van der Waals surface area (Å²) in [6.45, 7) is -0.316. The van der Waals surface area contributed by atoms with Crippen molar-refractivity contribution in [3.63, 3.8) is 0 Å². The molecule has 0 saturated heterocycles. The number of halogens is 2. The standard InChI is InChI=1S/C14H11ClFNO4/c15-9-5-6-14(12(7-9)17(19)20)21-8-13(18)10-3-1-2-4-11(10)16/h1-7,13,18H,8H2. The van der Waals surface area contributed by atoms with E-state index in [2.05, 4.69) is 0 Å². The molecule has 0 aliphatic rings. The zero-order valence-electron chi connectivity index (χ0n) is 10.7. The molecule has 0 bridgehead atoms. The van der Waals surface area contributed by atoms with E-state index in [9.17, 15) is 19.6 Å². The normalized spacial score (nSPS) is 12.0. The van der Waals surface area contributed by atoms with E-state index >= 15 is 0 Å². The summed E-state index contributed by atoms with van der Waals surface area (Å²) < 4.78 is 18.7. The Morgan fingerprint density at radius 2 is 2.05 bits per heavy atom. The van der Waals surface area contributed by atoms with Gasteiger partial charge in [-0.3, -0.25) is 10.1 Å². The Morgan fingerprint density at radius 3 is 2.71 bits per heavy atom. The first-order valence-corrected chi connectivity index (χ1v) is 6.36. The highest BCUT2D eigenvalue weighted by Crippen LogP contribution is 2.30. The molecule has 2 rings (SSSR count). The third kappa shape index (κ3) is 3.68. The molecule has 0 aromatic heterocycles. The van der Waals surface area contributed by atoms with Gasteiger partial charge in [-0.1, -0.05) is 29.8 Å². The Balaban J connectivity index is 2.13. The number of aliphatic hydroxyl groups excluding tert-OH is 1. The van der Waals surface area contributed by atoms with Crippen LogP contribution in [0.1, 0.15) is 11.7 Å². The molecule has 1 N–H and O–H groups in total. The summed E-state index contributed by atoms with van der Waals surface area (Å²) in [6, 6.07) is 9.60. The predicted molar refractivity (Wildman–Crippen MR) is 75.0 cm³/mol. The van der Waals surface area contributed by atoms with Crippen LogP contribution in [0.5, 0.6) is 5.75 Å². The van der Waals surface area contributed by atoms with Gasteiger partial charge < -0.3 is 9.84 Å². The van der Waals surface area contributed by atoms with Gasteiger partial charge in [-0.25, -0.2) is 4.39 Å². The second kappa shape index (κ2) is 6.51. The molecule has 0 amide bonds. The number of ether oxygens (including phenoxy) is 1. The zero-order valence-corrected chi connectivity index (χ0v) is 11.5. The molecule has 0 spiro atoms. The molecule has 110 valence electrons. The Morgan fingerprint density at radius 1 is 1.33 bits per heavy atom. The minimum Gasteiger partial charge on any atom is -0.484 e. The van der Waals surface area contributed by atoms with Crippen LogP contribution in [0, 0.1) is 15.9 Å². The fourth-order valence-electron chi connectivity index (χ4n) is 1.76. The third-order valence-corrected chi connectivity index (χ3v) is 3.01. The van der Waals surface area contributed by atoms with Crippen LogP contribution in [0.25, 0.3) is 0 Å². The average Bonchev–Trinajstić information content (AvgIpc) is 2.46. The fraction of sp³-hybridized carbons (Fsp3) is 0.143. The molecular formula is C14H11ClFNO4. The summed E-state index contributed by atoms with van der Waals surface area (Å²) in [4.78, 5) is 10.2. The van der Waals surface area contributed by atoms with Crippen LogP contribution >= 0.6 is 11.6 Å². The van der Waals surface area contributed by atoms with Crippen LogP contribution < -0.4 is 4.74 Å². The van der Waals surface area contributed by atoms with Crippen LogP contribution in [0.15, 0.2) is 42.5 Å². The highest BCUT2D eigenvalue weighted by atomic mass is 35.5. The van der Waals surface area contributed by atoms with Crippen molar-refractivity contribution in [2.45, 2.75) is 6.10 Å². The monoisotopic (exact) mass is 311 g/mol. The number of nitro groups is 1. The highest BCUT2D eigenvalue weighted by molar-refractivity contribution is 6.30. The van der Waals surface area contributed by atoms with Crippen molar-refractivity contribution in [2.75, 3.05) is 6.61 Å². The largest absolute Gasteiger partial charge is 0.484 e. The van der Waals surface area contributed by atoms with Crippen molar-refractivity contribution in [3.05, 3.63) is 69.0 Å². The molecule has 2 aromatic rings. The van der Waals surface area contributed by atoms with E-state index in [0.29, 0.717) is 0 Å². The van der Waals surface area contributed by atoms with Crippen molar-refractivity contribution in [1.82, 2.24) is 0 Å². The second-order valence-corrected chi connectivity index (χ2v) is 4.65. The molecule has 21 heavy (non-hydrogen) atoms.